The average Bonchev–Trinajstić information content (AvgIpc) is 2.97. The van der Waals surface area contributed by atoms with Gasteiger partial charge in [-0.1, -0.05) is 23.2 Å². The number of amides is 1. The first-order valence-electron chi connectivity index (χ1n) is 6.23. The number of halogens is 2. The molecule has 2 aliphatic heterocycles. The van der Waals surface area contributed by atoms with Gasteiger partial charge in [0, 0.05) is 5.56 Å². The second kappa shape index (κ2) is 5.50. The third kappa shape index (κ3) is 2.52. The first-order chi connectivity index (χ1) is 9.56. The summed E-state index contributed by atoms with van der Waals surface area (Å²) in [6.07, 6.45) is -1.31. The second-order valence-electron chi connectivity index (χ2n) is 4.87. The minimum absolute atomic E-state index is 0.231. The fourth-order valence-electron chi connectivity index (χ4n) is 2.49. The molecule has 4 atom stereocenters. The number of carbonyl (C=O) groups excluding carboxylic acids is 1. The maximum atomic E-state index is 12.1. The number of aliphatic hydroxyl groups excluding tert-OH is 1. The summed E-state index contributed by atoms with van der Waals surface area (Å²) in [6, 6.07) is 4.40. The summed E-state index contributed by atoms with van der Waals surface area (Å²) < 4.78 is 10.9. The van der Waals surface area contributed by atoms with E-state index in [0.29, 0.717) is 22.2 Å². The average molecular weight is 318 g/mol. The molecule has 5 nitrogen and oxygen atoms in total. The fourth-order valence-corrected chi connectivity index (χ4v) is 2.79. The maximum absolute atomic E-state index is 12.1. The van der Waals surface area contributed by atoms with Gasteiger partial charge in [-0.15, -0.1) is 0 Å². The van der Waals surface area contributed by atoms with Crippen LogP contribution in [-0.2, 0) is 9.47 Å². The lowest BCUT2D eigenvalue weighted by molar-refractivity contribution is 0.0178. The van der Waals surface area contributed by atoms with Crippen LogP contribution in [0, 0.1) is 0 Å². The van der Waals surface area contributed by atoms with E-state index in [0.717, 1.165) is 0 Å². The highest BCUT2D eigenvalue weighted by Crippen LogP contribution is 2.27. The van der Waals surface area contributed by atoms with Gasteiger partial charge in [-0.3, -0.25) is 4.79 Å². The highest BCUT2D eigenvalue weighted by Gasteiger charge is 2.47. The second-order valence-corrected chi connectivity index (χ2v) is 5.69. The standard InChI is InChI=1S/C13H13Cl2NO4/c14-7-2-1-6(3-8(7)15)13(18)16-9-4-19-12-10(17)5-20-11(9)12/h1-3,9-12,17H,4-5H2,(H,16,18)/t9-,10+,11+,12+/m0/s1. The summed E-state index contributed by atoms with van der Waals surface area (Å²) in [7, 11) is 0. The molecule has 0 aliphatic carbocycles. The zero-order valence-corrected chi connectivity index (χ0v) is 11.9. The Labute approximate surface area is 125 Å². The SMILES string of the molecule is O=C(N[C@H]1CO[C@H]2[C@@H]1OC[C@H]2O)c1ccc(Cl)c(Cl)c1. The van der Waals surface area contributed by atoms with Crippen LogP contribution in [0.15, 0.2) is 18.2 Å². The molecule has 0 bridgehead atoms. The maximum Gasteiger partial charge on any atom is 0.251 e. The molecule has 2 aliphatic rings. The zero-order valence-electron chi connectivity index (χ0n) is 10.4. The Kier molecular flexibility index (Phi) is 3.88. The Bertz CT molecular complexity index is 539. The zero-order chi connectivity index (χ0) is 14.3. The summed E-state index contributed by atoms with van der Waals surface area (Å²) in [4.78, 5) is 12.1. The van der Waals surface area contributed by atoms with E-state index in [9.17, 15) is 9.90 Å². The number of carbonyl (C=O) groups is 1. The van der Waals surface area contributed by atoms with Gasteiger partial charge in [-0.25, -0.2) is 0 Å². The predicted octanol–water partition coefficient (Wildman–Crippen LogP) is 1.25. The Morgan fingerprint density at radius 3 is 2.70 bits per heavy atom. The van der Waals surface area contributed by atoms with Crippen molar-refractivity contribution in [1.82, 2.24) is 5.32 Å². The molecule has 0 spiro atoms. The number of aliphatic hydroxyl groups is 1. The van der Waals surface area contributed by atoms with Gasteiger partial charge in [0.15, 0.2) is 0 Å². The molecule has 3 rings (SSSR count). The number of fused-ring (bicyclic) bond motifs is 1. The summed E-state index contributed by atoms with van der Waals surface area (Å²) in [5.74, 6) is -0.275. The summed E-state index contributed by atoms with van der Waals surface area (Å²) in [6.45, 7) is 0.550. The Hall–Kier alpha value is -0.850. The topological polar surface area (TPSA) is 67.8 Å². The van der Waals surface area contributed by atoms with Crippen LogP contribution in [0.4, 0.5) is 0 Å². The van der Waals surface area contributed by atoms with Crippen molar-refractivity contribution >= 4 is 29.1 Å². The van der Waals surface area contributed by atoms with Crippen LogP contribution in [0.25, 0.3) is 0 Å². The van der Waals surface area contributed by atoms with Crippen molar-refractivity contribution in [3.05, 3.63) is 33.8 Å². The number of hydrogen-bond acceptors (Lipinski definition) is 4. The third-order valence-electron chi connectivity index (χ3n) is 3.53. The molecule has 0 aromatic heterocycles. The van der Waals surface area contributed by atoms with Crippen LogP contribution < -0.4 is 5.32 Å². The highest BCUT2D eigenvalue weighted by atomic mass is 35.5. The van der Waals surface area contributed by atoms with Crippen molar-refractivity contribution in [2.45, 2.75) is 24.4 Å². The van der Waals surface area contributed by atoms with Crippen LogP contribution in [0.1, 0.15) is 10.4 Å². The number of hydrogen-bond donors (Lipinski definition) is 2. The van der Waals surface area contributed by atoms with Gasteiger partial charge in [0.05, 0.1) is 29.3 Å². The van der Waals surface area contributed by atoms with E-state index in [1.807, 2.05) is 0 Å². The molecular formula is C13H13Cl2NO4. The van der Waals surface area contributed by atoms with E-state index in [2.05, 4.69) is 5.32 Å². The van der Waals surface area contributed by atoms with Crippen molar-refractivity contribution < 1.29 is 19.4 Å². The molecule has 0 unspecified atom stereocenters. The van der Waals surface area contributed by atoms with Gasteiger partial charge in [-0.2, -0.15) is 0 Å². The van der Waals surface area contributed by atoms with Crippen molar-refractivity contribution in [3.8, 4) is 0 Å². The van der Waals surface area contributed by atoms with Crippen LogP contribution in [0.5, 0.6) is 0 Å². The van der Waals surface area contributed by atoms with Gasteiger partial charge in [0.25, 0.3) is 5.91 Å². The minimum Gasteiger partial charge on any atom is -0.388 e. The predicted molar refractivity (Wildman–Crippen MR) is 73.2 cm³/mol. The molecule has 7 heteroatoms. The van der Waals surface area contributed by atoms with Crippen LogP contribution in [0.2, 0.25) is 10.0 Å². The van der Waals surface area contributed by atoms with E-state index in [-0.39, 0.29) is 30.8 Å². The molecule has 1 aromatic carbocycles. The number of nitrogens with one attached hydrogen (secondary N) is 1. The minimum atomic E-state index is -0.633. The molecule has 1 aromatic rings. The molecule has 1 amide bonds. The van der Waals surface area contributed by atoms with Crippen molar-refractivity contribution in [2.75, 3.05) is 13.2 Å². The molecule has 0 saturated carbocycles. The van der Waals surface area contributed by atoms with Crippen LogP contribution in [-0.4, -0.2) is 48.6 Å². The number of rotatable bonds is 2. The lowest BCUT2D eigenvalue weighted by Crippen LogP contribution is -2.44. The third-order valence-corrected chi connectivity index (χ3v) is 4.26. The number of ether oxygens (including phenoxy) is 2. The van der Waals surface area contributed by atoms with Crippen molar-refractivity contribution in [3.63, 3.8) is 0 Å². The summed E-state index contributed by atoms with van der Waals surface area (Å²) in [5.41, 5.74) is 0.418. The first kappa shape index (κ1) is 14.1. The smallest absolute Gasteiger partial charge is 0.251 e. The number of benzene rings is 1. The molecule has 0 radical (unpaired) electrons. The van der Waals surface area contributed by atoms with Gasteiger partial charge in [0.2, 0.25) is 0 Å². The van der Waals surface area contributed by atoms with Crippen molar-refractivity contribution in [2.24, 2.45) is 0 Å². The quantitative estimate of drug-likeness (QED) is 0.861. The summed E-state index contributed by atoms with van der Waals surface area (Å²) in [5, 5.41) is 13.2. The first-order valence-corrected chi connectivity index (χ1v) is 6.99. The molecule has 2 saturated heterocycles. The molecule has 108 valence electrons. The largest absolute Gasteiger partial charge is 0.388 e. The van der Waals surface area contributed by atoms with Crippen LogP contribution in [0.3, 0.4) is 0 Å². The summed E-state index contributed by atoms with van der Waals surface area (Å²) >= 11 is 11.7. The van der Waals surface area contributed by atoms with Crippen molar-refractivity contribution in [1.29, 1.82) is 0 Å². The fraction of sp³-hybridized carbons (Fsp3) is 0.462. The molecule has 2 heterocycles. The normalized spacial score (nSPS) is 32.1. The molecule has 2 N–H and O–H groups in total. The van der Waals surface area contributed by atoms with E-state index in [1.54, 1.807) is 12.1 Å². The molecular weight excluding hydrogens is 305 g/mol. The van der Waals surface area contributed by atoms with E-state index >= 15 is 0 Å². The monoisotopic (exact) mass is 317 g/mol. The Balaban J connectivity index is 1.69. The van der Waals surface area contributed by atoms with E-state index in [1.165, 1.54) is 6.07 Å². The molecule has 20 heavy (non-hydrogen) atoms. The lowest BCUT2D eigenvalue weighted by atomic mass is 10.1. The molecule has 2 fully saturated rings. The van der Waals surface area contributed by atoms with Gasteiger partial charge in [-0.05, 0) is 18.2 Å². The van der Waals surface area contributed by atoms with Crippen LogP contribution >= 0.6 is 23.2 Å². The lowest BCUT2D eigenvalue weighted by Gasteiger charge is -2.17. The Morgan fingerprint density at radius 2 is 1.95 bits per heavy atom. The Morgan fingerprint density at radius 1 is 1.20 bits per heavy atom. The van der Waals surface area contributed by atoms with Gasteiger partial charge in [0.1, 0.15) is 18.3 Å². The highest BCUT2D eigenvalue weighted by molar-refractivity contribution is 6.42. The van der Waals surface area contributed by atoms with Gasteiger partial charge >= 0.3 is 0 Å². The van der Waals surface area contributed by atoms with E-state index < -0.39 is 6.10 Å². The van der Waals surface area contributed by atoms with E-state index in [4.69, 9.17) is 32.7 Å². The van der Waals surface area contributed by atoms with Gasteiger partial charge < -0.3 is 19.9 Å².